The number of rotatable bonds is 4. The summed E-state index contributed by atoms with van der Waals surface area (Å²) in [4.78, 5) is 15.0. The van der Waals surface area contributed by atoms with Crippen LogP contribution in [0.2, 0.25) is 0 Å². The molecular weight excluding hydrogens is 328 g/mol. The van der Waals surface area contributed by atoms with Gasteiger partial charge in [-0.1, -0.05) is 24.3 Å². The van der Waals surface area contributed by atoms with Gasteiger partial charge in [0.1, 0.15) is 5.25 Å². The van der Waals surface area contributed by atoms with E-state index in [2.05, 4.69) is 34.5 Å². The van der Waals surface area contributed by atoms with Crippen molar-refractivity contribution in [3.05, 3.63) is 35.4 Å². The third-order valence-electron chi connectivity index (χ3n) is 4.95. The van der Waals surface area contributed by atoms with E-state index in [1.54, 1.807) is 0 Å². The lowest BCUT2D eigenvalue weighted by Crippen LogP contribution is -2.41. The molecule has 5 heteroatoms. The maximum absolute atomic E-state index is 12.9. The topological polar surface area (TPSA) is 32.3 Å². The standard InChI is InChI=1S/C18H26N2OS.ClH/c1-19-10-6-14-7-11-20(12-8-14)18(21)17-16-5-3-2-4-15(16)9-13-22-17;/h2-5,14,17,19H,6-13H2,1H3;1H. The maximum atomic E-state index is 12.9. The van der Waals surface area contributed by atoms with Crippen LogP contribution < -0.4 is 5.32 Å². The third-order valence-corrected chi connectivity index (χ3v) is 6.18. The second-order valence-electron chi connectivity index (χ2n) is 6.36. The van der Waals surface area contributed by atoms with Gasteiger partial charge in [0.2, 0.25) is 5.91 Å². The summed E-state index contributed by atoms with van der Waals surface area (Å²) in [5, 5.41) is 3.25. The molecule has 1 saturated heterocycles. The van der Waals surface area contributed by atoms with E-state index in [4.69, 9.17) is 0 Å². The molecule has 2 aliphatic rings. The summed E-state index contributed by atoms with van der Waals surface area (Å²) in [7, 11) is 2.01. The first kappa shape index (κ1) is 18.6. The van der Waals surface area contributed by atoms with E-state index in [0.717, 1.165) is 50.6 Å². The number of benzene rings is 1. The molecule has 3 rings (SSSR count). The average molecular weight is 355 g/mol. The number of fused-ring (bicyclic) bond motifs is 1. The highest BCUT2D eigenvalue weighted by Crippen LogP contribution is 2.38. The molecule has 0 saturated carbocycles. The largest absolute Gasteiger partial charge is 0.341 e. The van der Waals surface area contributed by atoms with Gasteiger partial charge in [0.05, 0.1) is 0 Å². The molecule has 0 radical (unpaired) electrons. The van der Waals surface area contributed by atoms with E-state index in [1.807, 2.05) is 18.8 Å². The van der Waals surface area contributed by atoms with Gasteiger partial charge in [0.15, 0.2) is 0 Å². The first-order chi connectivity index (χ1) is 10.8. The van der Waals surface area contributed by atoms with Crippen LogP contribution in [-0.2, 0) is 11.2 Å². The van der Waals surface area contributed by atoms with E-state index < -0.39 is 0 Å². The van der Waals surface area contributed by atoms with Crippen molar-refractivity contribution in [1.82, 2.24) is 10.2 Å². The second-order valence-corrected chi connectivity index (χ2v) is 7.57. The molecule has 0 aliphatic carbocycles. The minimum atomic E-state index is 0. The molecule has 128 valence electrons. The summed E-state index contributed by atoms with van der Waals surface area (Å²) in [6, 6.07) is 8.47. The van der Waals surface area contributed by atoms with Gasteiger partial charge in [-0.05, 0) is 62.1 Å². The van der Waals surface area contributed by atoms with Crippen molar-refractivity contribution in [1.29, 1.82) is 0 Å². The number of nitrogens with zero attached hydrogens (tertiary/aromatic N) is 1. The van der Waals surface area contributed by atoms with Crippen LogP contribution >= 0.6 is 24.2 Å². The summed E-state index contributed by atoms with van der Waals surface area (Å²) in [5.41, 5.74) is 2.62. The molecule has 1 atom stereocenters. The Bertz CT molecular complexity index is 517. The quantitative estimate of drug-likeness (QED) is 0.900. The van der Waals surface area contributed by atoms with E-state index in [-0.39, 0.29) is 17.7 Å². The van der Waals surface area contributed by atoms with Crippen LogP contribution in [0.4, 0.5) is 0 Å². The zero-order chi connectivity index (χ0) is 15.4. The van der Waals surface area contributed by atoms with Gasteiger partial charge in [-0.3, -0.25) is 4.79 Å². The Hall–Kier alpha value is -0.710. The van der Waals surface area contributed by atoms with Crippen LogP contribution in [0.5, 0.6) is 0 Å². The number of nitrogens with one attached hydrogen (secondary N) is 1. The van der Waals surface area contributed by atoms with Crippen molar-refractivity contribution < 1.29 is 4.79 Å². The average Bonchev–Trinajstić information content (AvgIpc) is 2.59. The van der Waals surface area contributed by atoms with Crippen LogP contribution in [0.15, 0.2) is 24.3 Å². The predicted molar refractivity (Wildman–Crippen MR) is 100 cm³/mol. The lowest BCUT2D eigenvalue weighted by Gasteiger charge is -2.35. The van der Waals surface area contributed by atoms with Crippen LogP contribution in [0.25, 0.3) is 0 Å². The van der Waals surface area contributed by atoms with Gasteiger partial charge in [0.25, 0.3) is 0 Å². The first-order valence-corrected chi connectivity index (χ1v) is 9.47. The molecule has 0 bridgehead atoms. The number of carbonyl (C=O) groups excluding carboxylic acids is 1. The summed E-state index contributed by atoms with van der Waals surface area (Å²) >= 11 is 1.82. The molecular formula is C18H27ClN2OS. The number of amides is 1. The van der Waals surface area contributed by atoms with Gasteiger partial charge in [0, 0.05) is 13.1 Å². The number of hydrogen-bond acceptors (Lipinski definition) is 3. The van der Waals surface area contributed by atoms with Crippen LogP contribution in [0.3, 0.4) is 0 Å². The molecule has 2 heterocycles. The SMILES string of the molecule is CNCCC1CCN(C(=O)C2SCCc3ccccc32)CC1.Cl. The minimum Gasteiger partial charge on any atom is -0.341 e. The van der Waals surface area contributed by atoms with Crippen molar-refractivity contribution in [3.8, 4) is 0 Å². The minimum absolute atomic E-state index is 0. The number of hydrogen-bond donors (Lipinski definition) is 1. The van der Waals surface area contributed by atoms with Crippen LogP contribution in [0, 0.1) is 5.92 Å². The van der Waals surface area contributed by atoms with Crippen LogP contribution in [0.1, 0.15) is 35.6 Å². The molecule has 23 heavy (non-hydrogen) atoms. The molecule has 3 nitrogen and oxygen atoms in total. The van der Waals surface area contributed by atoms with E-state index in [1.165, 1.54) is 17.5 Å². The summed E-state index contributed by atoms with van der Waals surface area (Å²) in [6.07, 6.45) is 4.65. The molecule has 1 unspecified atom stereocenters. The van der Waals surface area contributed by atoms with E-state index in [9.17, 15) is 4.79 Å². The van der Waals surface area contributed by atoms with Crippen molar-refractivity contribution in [2.45, 2.75) is 30.9 Å². The Morgan fingerprint density at radius 2 is 2.04 bits per heavy atom. The smallest absolute Gasteiger partial charge is 0.240 e. The monoisotopic (exact) mass is 354 g/mol. The summed E-state index contributed by atoms with van der Waals surface area (Å²) in [6.45, 7) is 2.96. The number of likely N-dealkylation sites (tertiary alicyclic amines) is 1. The number of halogens is 1. The number of carbonyl (C=O) groups is 1. The highest BCUT2D eigenvalue weighted by atomic mass is 35.5. The molecule has 0 spiro atoms. The van der Waals surface area contributed by atoms with Crippen molar-refractivity contribution in [2.75, 3.05) is 32.4 Å². The molecule has 1 aromatic rings. The molecule has 1 aromatic carbocycles. The van der Waals surface area contributed by atoms with Gasteiger partial charge >= 0.3 is 0 Å². The fourth-order valence-corrected chi connectivity index (χ4v) is 4.83. The molecule has 1 amide bonds. The highest BCUT2D eigenvalue weighted by molar-refractivity contribution is 8.00. The van der Waals surface area contributed by atoms with E-state index >= 15 is 0 Å². The number of aryl methyl sites for hydroxylation is 1. The lowest BCUT2D eigenvalue weighted by atomic mass is 9.93. The molecule has 2 aliphatic heterocycles. The summed E-state index contributed by atoms with van der Waals surface area (Å²) in [5.74, 6) is 2.18. The Labute approximate surface area is 150 Å². The predicted octanol–water partition coefficient (Wildman–Crippen LogP) is 3.29. The van der Waals surface area contributed by atoms with Gasteiger partial charge in [-0.15, -0.1) is 24.2 Å². The second kappa shape index (κ2) is 8.95. The Morgan fingerprint density at radius 1 is 1.30 bits per heavy atom. The zero-order valence-electron chi connectivity index (χ0n) is 13.8. The highest BCUT2D eigenvalue weighted by Gasteiger charge is 2.32. The third kappa shape index (κ3) is 4.43. The van der Waals surface area contributed by atoms with E-state index in [0.29, 0.717) is 5.91 Å². The molecule has 1 fully saturated rings. The summed E-state index contributed by atoms with van der Waals surface area (Å²) < 4.78 is 0. The van der Waals surface area contributed by atoms with Crippen molar-refractivity contribution in [3.63, 3.8) is 0 Å². The normalized spacial score (nSPS) is 21.4. The van der Waals surface area contributed by atoms with Crippen LogP contribution in [-0.4, -0.2) is 43.2 Å². The maximum Gasteiger partial charge on any atom is 0.240 e. The molecule has 1 N–H and O–H groups in total. The fourth-order valence-electron chi connectivity index (χ4n) is 3.55. The number of piperidine rings is 1. The van der Waals surface area contributed by atoms with Crippen molar-refractivity contribution >= 4 is 30.1 Å². The van der Waals surface area contributed by atoms with Gasteiger partial charge in [-0.2, -0.15) is 0 Å². The zero-order valence-corrected chi connectivity index (χ0v) is 15.4. The van der Waals surface area contributed by atoms with Gasteiger partial charge < -0.3 is 10.2 Å². The Morgan fingerprint density at radius 3 is 2.78 bits per heavy atom. The Kier molecular flexibility index (Phi) is 7.25. The lowest BCUT2D eigenvalue weighted by molar-refractivity contribution is -0.132. The van der Waals surface area contributed by atoms with Gasteiger partial charge in [-0.25, -0.2) is 0 Å². The Balaban J connectivity index is 0.00000192. The van der Waals surface area contributed by atoms with Crippen molar-refractivity contribution in [2.24, 2.45) is 5.92 Å². The number of thioether (sulfide) groups is 1. The fraction of sp³-hybridized carbons (Fsp3) is 0.611. The first-order valence-electron chi connectivity index (χ1n) is 8.42. The molecule has 0 aromatic heterocycles.